The van der Waals surface area contributed by atoms with Crippen molar-refractivity contribution < 1.29 is 9.47 Å². The van der Waals surface area contributed by atoms with Gasteiger partial charge in [0.1, 0.15) is 24.7 Å². The minimum atomic E-state index is -0.614. The van der Waals surface area contributed by atoms with Gasteiger partial charge in [-0.05, 0) is 214 Å². The molecular weight excluding hydrogens is 1070 g/mol. The van der Waals surface area contributed by atoms with E-state index in [-0.39, 0.29) is 0 Å². The Hall–Kier alpha value is -10.7. The van der Waals surface area contributed by atoms with Gasteiger partial charge >= 0.3 is 0 Å². The standard InChI is InChI=1S/C84H68N2O2/c1-7-51-87-71-43-33-63(34-44-71)83(77-49-27-57(3)53-59(77)5)79-25-17-15-23-73(79)75-47-41-69(55-81(75)83)85(65-19-11-9-12-20-65)67-37-29-61(30-38-67)62-31-39-68(40-32-62)86(66-21-13-10-14-22-66)70-42-48-76-74-24-16-18-26-80(74)84(82(76)56-70,78-50-28-58(4)54-60(78)6)64-35-45-72(46-36-64)88-52-8-2/h7-50,53-56H,1-2,51-52H2,3-6H3. The smallest absolute Gasteiger partial charge is 0.119 e. The summed E-state index contributed by atoms with van der Waals surface area (Å²) in [6.07, 6.45) is 3.57. The van der Waals surface area contributed by atoms with E-state index >= 15 is 0 Å². The van der Waals surface area contributed by atoms with E-state index in [9.17, 15) is 0 Å². The van der Waals surface area contributed by atoms with Crippen molar-refractivity contribution in [2.45, 2.75) is 38.5 Å². The van der Waals surface area contributed by atoms with E-state index in [1.807, 2.05) is 0 Å². The van der Waals surface area contributed by atoms with Crippen molar-refractivity contribution in [3.63, 3.8) is 0 Å². The molecule has 2 aliphatic carbocycles. The van der Waals surface area contributed by atoms with Crippen LogP contribution in [-0.4, -0.2) is 13.2 Å². The van der Waals surface area contributed by atoms with Crippen molar-refractivity contribution >= 4 is 34.1 Å². The van der Waals surface area contributed by atoms with Gasteiger partial charge in [0.2, 0.25) is 0 Å². The molecule has 0 bridgehead atoms. The number of rotatable bonds is 17. The van der Waals surface area contributed by atoms with Crippen molar-refractivity contribution in [1.82, 2.24) is 0 Å². The van der Waals surface area contributed by atoms with Gasteiger partial charge in [-0.25, -0.2) is 0 Å². The largest absolute Gasteiger partial charge is 0.490 e. The molecule has 0 aromatic heterocycles. The lowest BCUT2D eigenvalue weighted by Crippen LogP contribution is -2.30. The molecule has 0 saturated carbocycles. The first-order valence-corrected chi connectivity index (χ1v) is 30.4. The van der Waals surface area contributed by atoms with Crippen LogP contribution in [0.5, 0.6) is 11.5 Å². The van der Waals surface area contributed by atoms with Crippen LogP contribution in [0.15, 0.2) is 304 Å². The number of benzene rings is 12. The monoisotopic (exact) mass is 1140 g/mol. The summed E-state index contributed by atoms with van der Waals surface area (Å²) in [5.41, 5.74) is 27.3. The van der Waals surface area contributed by atoms with Crippen LogP contribution in [0.2, 0.25) is 0 Å². The maximum absolute atomic E-state index is 6.06. The first-order valence-electron chi connectivity index (χ1n) is 30.4. The molecule has 2 unspecified atom stereocenters. The van der Waals surface area contributed by atoms with Crippen molar-refractivity contribution in [3.8, 4) is 44.9 Å². The van der Waals surface area contributed by atoms with Crippen LogP contribution in [0, 0.1) is 27.7 Å². The maximum atomic E-state index is 6.06. The van der Waals surface area contributed by atoms with Crippen LogP contribution in [0.4, 0.5) is 34.1 Å². The molecule has 12 aromatic carbocycles. The number of hydrogen-bond acceptors (Lipinski definition) is 4. The van der Waals surface area contributed by atoms with Gasteiger partial charge < -0.3 is 19.3 Å². The van der Waals surface area contributed by atoms with E-state index in [1.54, 1.807) is 12.2 Å². The molecule has 0 aliphatic heterocycles. The number of ether oxygens (including phenoxy) is 2. The fourth-order valence-electron chi connectivity index (χ4n) is 14.4. The Bertz CT molecular complexity index is 4270. The lowest BCUT2D eigenvalue weighted by molar-refractivity contribution is 0.363. The third-order valence-corrected chi connectivity index (χ3v) is 18.1. The van der Waals surface area contributed by atoms with Gasteiger partial charge in [0.05, 0.1) is 10.8 Å². The van der Waals surface area contributed by atoms with E-state index in [1.165, 1.54) is 89.0 Å². The van der Waals surface area contributed by atoms with Gasteiger partial charge in [0.15, 0.2) is 0 Å². The summed E-state index contributed by atoms with van der Waals surface area (Å²) in [6.45, 7) is 17.5. The number of nitrogens with zero attached hydrogens (tertiary/aromatic N) is 2. The highest BCUT2D eigenvalue weighted by atomic mass is 16.5. The maximum Gasteiger partial charge on any atom is 0.119 e. The van der Waals surface area contributed by atoms with Crippen LogP contribution < -0.4 is 19.3 Å². The first-order chi connectivity index (χ1) is 43.2. The number of hydrogen-bond donors (Lipinski definition) is 0. The van der Waals surface area contributed by atoms with Crippen LogP contribution >= 0.6 is 0 Å². The van der Waals surface area contributed by atoms with Gasteiger partial charge in [-0.15, -0.1) is 0 Å². The first kappa shape index (κ1) is 55.2. The Morgan fingerprint density at radius 1 is 0.307 bits per heavy atom. The highest BCUT2D eigenvalue weighted by molar-refractivity contribution is 5.92. The Morgan fingerprint density at radius 2 is 0.648 bits per heavy atom. The van der Waals surface area contributed by atoms with Gasteiger partial charge in [-0.3, -0.25) is 0 Å². The molecule has 426 valence electrons. The lowest BCUT2D eigenvalue weighted by Gasteiger charge is -2.36. The molecule has 0 heterocycles. The van der Waals surface area contributed by atoms with E-state index in [0.717, 1.165) is 56.8 Å². The average Bonchev–Trinajstić information content (AvgIpc) is 1.66. The number of para-hydroxylation sites is 2. The summed E-state index contributed by atoms with van der Waals surface area (Å²) < 4.78 is 12.1. The quantitative estimate of drug-likeness (QED) is 0.0849. The third kappa shape index (κ3) is 9.32. The van der Waals surface area contributed by atoms with Crippen LogP contribution in [0.1, 0.15) is 66.8 Å². The third-order valence-electron chi connectivity index (χ3n) is 18.1. The molecule has 4 heteroatoms. The molecule has 0 amide bonds. The molecule has 0 spiro atoms. The van der Waals surface area contributed by atoms with Crippen LogP contribution in [-0.2, 0) is 10.8 Å². The fraction of sp³-hybridized carbons (Fsp3) is 0.0952. The molecule has 0 N–H and O–H groups in total. The van der Waals surface area contributed by atoms with Crippen LogP contribution in [0.25, 0.3) is 33.4 Å². The summed E-state index contributed by atoms with van der Waals surface area (Å²) in [5.74, 6) is 1.63. The molecule has 88 heavy (non-hydrogen) atoms. The minimum absolute atomic E-state index is 0.446. The molecule has 12 aromatic rings. The van der Waals surface area contributed by atoms with Gasteiger partial charge in [-0.1, -0.05) is 218 Å². The topological polar surface area (TPSA) is 24.9 Å². The molecule has 4 nitrogen and oxygen atoms in total. The Labute approximate surface area is 518 Å². The average molecular weight is 1140 g/mol. The molecule has 2 atom stereocenters. The second-order valence-electron chi connectivity index (χ2n) is 23.4. The summed E-state index contributed by atoms with van der Waals surface area (Å²) in [4.78, 5) is 4.79. The highest BCUT2D eigenvalue weighted by Gasteiger charge is 2.49. The SMILES string of the molecule is C=CCOc1ccc(C2(c3ccc(C)cc3C)c3ccccc3-c3ccc(N(c4ccccc4)c4ccc(-c5ccc(N(c6ccccc6)c6ccc7c(c6)C(c6ccc(OCC=C)cc6)(c6ccc(C)cc6C)c6ccccc6-7)cc5)cc4)cc32)cc1. The van der Waals surface area contributed by atoms with E-state index in [0.29, 0.717) is 13.2 Å². The molecular formula is C84H68N2O2. The number of anilines is 6. The van der Waals surface area contributed by atoms with Gasteiger partial charge in [0.25, 0.3) is 0 Å². The molecule has 14 rings (SSSR count). The van der Waals surface area contributed by atoms with Crippen molar-refractivity contribution in [1.29, 1.82) is 0 Å². The second kappa shape index (κ2) is 23.0. The predicted octanol–water partition coefficient (Wildman–Crippen LogP) is 21.4. The van der Waals surface area contributed by atoms with E-state index < -0.39 is 10.8 Å². The normalized spacial score (nSPS) is 15.1. The van der Waals surface area contributed by atoms with Crippen molar-refractivity contribution in [2.24, 2.45) is 0 Å². The second-order valence-corrected chi connectivity index (χ2v) is 23.4. The van der Waals surface area contributed by atoms with E-state index in [4.69, 9.17) is 9.47 Å². The Morgan fingerprint density at radius 3 is 1.02 bits per heavy atom. The Balaban J connectivity index is 0.849. The summed E-state index contributed by atoms with van der Waals surface area (Å²) in [5, 5.41) is 0. The lowest BCUT2D eigenvalue weighted by atomic mass is 9.66. The van der Waals surface area contributed by atoms with E-state index in [2.05, 4.69) is 330 Å². The summed E-state index contributed by atoms with van der Waals surface area (Å²) in [7, 11) is 0. The summed E-state index contributed by atoms with van der Waals surface area (Å²) in [6, 6.07) is 103. The van der Waals surface area contributed by atoms with Crippen molar-refractivity contribution in [2.75, 3.05) is 23.0 Å². The van der Waals surface area contributed by atoms with Crippen LogP contribution in [0.3, 0.4) is 0 Å². The molecule has 2 aliphatic rings. The zero-order valence-electron chi connectivity index (χ0n) is 50.3. The minimum Gasteiger partial charge on any atom is -0.490 e. The number of aryl methyl sites for hydroxylation is 4. The van der Waals surface area contributed by atoms with Gasteiger partial charge in [-0.2, -0.15) is 0 Å². The van der Waals surface area contributed by atoms with Gasteiger partial charge in [0, 0.05) is 34.1 Å². The number of fused-ring (bicyclic) bond motifs is 6. The zero-order chi connectivity index (χ0) is 59.9. The fourth-order valence-corrected chi connectivity index (χ4v) is 14.4. The zero-order valence-corrected chi connectivity index (χ0v) is 50.3. The Kier molecular flexibility index (Phi) is 14.4. The molecule has 0 saturated heterocycles. The molecule has 0 radical (unpaired) electrons. The van der Waals surface area contributed by atoms with Crippen molar-refractivity contribution in [3.05, 3.63) is 371 Å². The molecule has 0 fully saturated rings. The highest BCUT2D eigenvalue weighted by Crippen LogP contribution is 2.60. The summed E-state index contributed by atoms with van der Waals surface area (Å²) >= 11 is 0. The predicted molar refractivity (Wildman–Crippen MR) is 366 cm³/mol.